The number of nitrogens with one attached hydrogen (secondary N) is 2. The summed E-state index contributed by atoms with van der Waals surface area (Å²) in [4.78, 5) is 24.0. The van der Waals surface area contributed by atoms with Crippen molar-refractivity contribution in [2.75, 3.05) is 11.9 Å². The van der Waals surface area contributed by atoms with Crippen molar-refractivity contribution in [3.8, 4) is 12.3 Å². The average molecular weight is 329 g/mol. The summed E-state index contributed by atoms with van der Waals surface area (Å²) in [6.07, 6.45) is 6.37. The van der Waals surface area contributed by atoms with Crippen molar-refractivity contribution >= 4 is 27.5 Å². The van der Waals surface area contributed by atoms with Crippen molar-refractivity contribution in [1.82, 2.24) is 9.29 Å². The summed E-state index contributed by atoms with van der Waals surface area (Å²) in [5, 5.41) is 4.99. The summed E-state index contributed by atoms with van der Waals surface area (Å²) in [6.45, 7) is 0.0477. The lowest BCUT2D eigenvalue weighted by Crippen LogP contribution is -2.23. The van der Waals surface area contributed by atoms with Gasteiger partial charge in [0.05, 0.1) is 12.2 Å². The van der Waals surface area contributed by atoms with Crippen molar-refractivity contribution in [3.05, 3.63) is 47.8 Å². The number of benzene rings is 1. The molecule has 8 heteroatoms. The molecule has 0 saturated heterocycles. The lowest BCUT2D eigenvalue weighted by atomic mass is 10.2. The van der Waals surface area contributed by atoms with Crippen LogP contribution in [0.4, 0.5) is 5.69 Å². The molecule has 0 saturated carbocycles. The van der Waals surface area contributed by atoms with Gasteiger partial charge in [-0.1, -0.05) is 5.92 Å². The molecule has 1 aliphatic heterocycles. The third-order valence-electron chi connectivity index (χ3n) is 3.32. The van der Waals surface area contributed by atoms with E-state index < -0.39 is 21.8 Å². The Bertz CT molecular complexity index is 967. The number of nitrogens with zero attached hydrogens (tertiary/aromatic N) is 1. The zero-order valence-electron chi connectivity index (χ0n) is 11.7. The molecule has 1 aliphatic rings. The summed E-state index contributed by atoms with van der Waals surface area (Å²) in [6, 6.07) is 6.83. The number of carbonyl (C=O) groups is 2. The maximum atomic E-state index is 12.6. The molecule has 2 N–H and O–H groups in total. The fourth-order valence-corrected chi connectivity index (χ4v) is 3.74. The molecule has 2 aromatic rings. The van der Waals surface area contributed by atoms with Crippen molar-refractivity contribution in [2.45, 2.75) is 4.90 Å². The predicted molar refractivity (Wildman–Crippen MR) is 82.6 cm³/mol. The van der Waals surface area contributed by atoms with Gasteiger partial charge >= 0.3 is 0 Å². The van der Waals surface area contributed by atoms with Gasteiger partial charge in [0.1, 0.15) is 10.6 Å². The second-order valence-corrected chi connectivity index (χ2v) is 6.53. The normalized spacial score (nSPS) is 14.7. The van der Waals surface area contributed by atoms with Gasteiger partial charge in [0.15, 0.2) is 0 Å². The molecule has 116 valence electrons. The van der Waals surface area contributed by atoms with Crippen LogP contribution < -0.4 is 10.6 Å². The Morgan fingerprint density at radius 2 is 2.13 bits per heavy atom. The lowest BCUT2D eigenvalue weighted by molar-refractivity contribution is 0.0957. The largest absolute Gasteiger partial charge is 0.341 e. The molecule has 0 unspecified atom stereocenters. The van der Waals surface area contributed by atoms with Crippen molar-refractivity contribution in [3.63, 3.8) is 0 Å². The molecule has 23 heavy (non-hydrogen) atoms. The molecule has 0 bridgehead atoms. The monoisotopic (exact) mass is 329 g/mol. The Kier molecular flexibility index (Phi) is 3.42. The van der Waals surface area contributed by atoms with E-state index in [-0.39, 0.29) is 28.4 Å². The summed E-state index contributed by atoms with van der Waals surface area (Å²) < 4.78 is 26.1. The van der Waals surface area contributed by atoms with Crippen LogP contribution in [0.1, 0.15) is 20.8 Å². The SMILES string of the molecule is C#CCNC(=O)c1ccc2c(c1)NC(=O)c1cccn1S2(=O)=O. The third kappa shape index (κ3) is 2.37. The maximum Gasteiger partial charge on any atom is 0.273 e. The zero-order chi connectivity index (χ0) is 16.6. The minimum atomic E-state index is -3.92. The Balaban J connectivity index is 2.11. The third-order valence-corrected chi connectivity index (χ3v) is 5.07. The van der Waals surface area contributed by atoms with Gasteiger partial charge in [-0.2, -0.15) is 0 Å². The topological polar surface area (TPSA) is 97.3 Å². The highest BCUT2D eigenvalue weighted by atomic mass is 32.2. The summed E-state index contributed by atoms with van der Waals surface area (Å²) >= 11 is 0. The second kappa shape index (κ2) is 5.30. The zero-order valence-corrected chi connectivity index (χ0v) is 12.6. The van der Waals surface area contributed by atoms with Crippen LogP contribution in [-0.4, -0.2) is 30.7 Å². The van der Waals surface area contributed by atoms with Gasteiger partial charge in [-0.05, 0) is 30.3 Å². The number of carbonyl (C=O) groups excluding carboxylic acids is 2. The van der Waals surface area contributed by atoms with Crippen LogP contribution in [-0.2, 0) is 10.0 Å². The molecule has 2 heterocycles. The van der Waals surface area contributed by atoms with E-state index in [1.807, 2.05) is 0 Å². The van der Waals surface area contributed by atoms with E-state index in [1.165, 1.54) is 36.5 Å². The fourth-order valence-electron chi connectivity index (χ4n) is 2.27. The Morgan fingerprint density at radius 3 is 2.87 bits per heavy atom. The van der Waals surface area contributed by atoms with Gasteiger partial charge in [-0.25, -0.2) is 12.4 Å². The van der Waals surface area contributed by atoms with E-state index in [9.17, 15) is 18.0 Å². The first kappa shape index (κ1) is 14.9. The number of fused-ring (bicyclic) bond motifs is 2. The molecule has 0 fully saturated rings. The minimum absolute atomic E-state index is 0.000432. The number of amides is 2. The van der Waals surface area contributed by atoms with Gasteiger partial charge in [-0.15, -0.1) is 6.42 Å². The molecular formula is C15H11N3O4S. The predicted octanol–water partition coefficient (Wildman–Crippen LogP) is 0.654. The molecule has 1 aromatic heterocycles. The number of hydrogen-bond acceptors (Lipinski definition) is 4. The van der Waals surface area contributed by atoms with E-state index in [0.29, 0.717) is 0 Å². The number of anilines is 1. The molecule has 0 spiro atoms. The molecule has 3 rings (SSSR count). The van der Waals surface area contributed by atoms with Crippen molar-refractivity contribution < 1.29 is 18.0 Å². The van der Waals surface area contributed by atoms with Crippen LogP contribution in [0, 0.1) is 12.3 Å². The van der Waals surface area contributed by atoms with E-state index in [2.05, 4.69) is 16.6 Å². The number of terminal acetylenes is 1. The molecular weight excluding hydrogens is 318 g/mol. The summed E-state index contributed by atoms with van der Waals surface area (Å²) in [5.74, 6) is 1.24. The Hall–Kier alpha value is -3.05. The molecule has 1 aromatic carbocycles. The quantitative estimate of drug-likeness (QED) is 0.791. The molecule has 0 atom stereocenters. The van der Waals surface area contributed by atoms with Crippen LogP contribution in [0.5, 0.6) is 0 Å². The fraction of sp³-hybridized carbons (Fsp3) is 0.0667. The van der Waals surface area contributed by atoms with Gasteiger partial charge in [0.2, 0.25) is 0 Å². The van der Waals surface area contributed by atoms with E-state index in [1.54, 1.807) is 0 Å². The molecule has 0 radical (unpaired) electrons. The van der Waals surface area contributed by atoms with E-state index in [0.717, 1.165) is 3.97 Å². The summed E-state index contributed by atoms with van der Waals surface area (Å²) in [5.41, 5.74) is 0.243. The smallest absolute Gasteiger partial charge is 0.273 e. The second-order valence-electron chi connectivity index (χ2n) is 4.75. The van der Waals surface area contributed by atoms with Crippen molar-refractivity contribution in [2.24, 2.45) is 0 Å². The van der Waals surface area contributed by atoms with Crippen LogP contribution in [0.15, 0.2) is 41.4 Å². The standard InChI is InChI=1S/C15H11N3O4S/c1-2-7-16-14(19)10-5-6-13-11(9-10)17-15(20)12-4-3-8-18(12)23(13,21)22/h1,3-6,8-9H,7H2,(H,16,19)(H,17,20). The van der Waals surface area contributed by atoms with Gasteiger partial charge in [-0.3, -0.25) is 9.59 Å². The highest BCUT2D eigenvalue weighted by Crippen LogP contribution is 2.29. The number of hydrogen-bond donors (Lipinski definition) is 2. The molecule has 2 amide bonds. The highest BCUT2D eigenvalue weighted by Gasteiger charge is 2.30. The minimum Gasteiger partial charge on any atom is -0.341 e. The lowest BCUT2D eigenvalue weighted by Gasteiger charge is -2.09. The Labute approximate surface area is 132 Å². The summed E-state index contributed by atoms with van der Waals surface area (Å²) in [7, 11) is -3.92. The number of aromatic nitrogens is 1. The Morgan fingerprint density at radius 1 is 1.35 bits per heavy atom. The average Bonchev–Trinajstić information content (AvgIpc) is 3.00. The van der Waals surface area contributed by atoms with Gasteiger partial charge < -0.3 is 10.6 Å². The van der Waals surface area contributed by atoms with E-state index >= 15 is 0 Å². The van der Waals surface area contributed by atoms with Crippen LogP contribution >= 0.6 is 0 Å². The maximum absolute atomic E-state index is 12.6. The molecule has 7 nitrogen and oxygen atoms in total. The van der Waals surface area contributed by atoms with Crippen molar-refractivity contribution in [1.29, 1.82) is 0 Å². The molecule has 0 aliphatic carbocycles. The van der Waals surface area contributed by atoms with Gasteiger partial charge in [0, 0.05) is 11.8 Å². The van der Waals surface area contributed by atoms with Crippen LogP contribution in [0.2, 0.25) is 0 Å². The van der Waals surface area contributed by atoms with E-state index in [4.69, 9.17) is 6.42 Å². The number of rotatable bonds is 2. The first-order chi connectivity index (χ1) is 10.9. The highest BCUT2D eigenvalue weighted by molar-refractivity contribution is 7.90. The van der Waals surface area contributed by atoms with Gasteiger partial charge in [0.25, 0.3) is 21.8 Å². The van der Waals surface area contributed by atoms with Crippen LogP contribution in [0.25, 0.3) is 0 Å². The first-order valence-corrected chi connectivity index (χ1v) is 7.99. The first-order valence-electron chi connectivity index (χ1n) is 6.55. The van der Waals surface area contributed by atoms with Crippen LogP contribution in [0.3, 0.4) is 0 Å².